The number of amides is 2. The molecule has 2 amide bonds. The number of hydrogen-bond acceptors (Lipinski definition) is 4. The number of carbonyl (C=O) groups excluding carboxylic acids is 2. The smallest absolute Gasteiger partial charge is 0.262 e. The van der Waals surface area contributed by atoms with Gasteiger partial charge >= 0.3 is 0 Å². The third-order valence-electron chi connectivity index (χ3n) is 5.69. The van der Waals surface area contributed by atoms with Crippen LogP contribution in [0.3, 0.4) is 0 Å². The quantitative estimate of drug-likeness (QED) is 0.483. The molecule has 0 N–H and O–H groups in total. The van der Waals surface area contributed by atoms with Crippen LogP contribution < -0.4 is 10.5 Å². The molecule has 3 aromatic carbocycles. The number of fused-ring (bicyclic) bond motifs is 2. The minimum Gasteiger partial charge on any atom is -0.284 e. The van der Waals surface area contributed by atoms with E-state index in [0.29, 0.717) is 22.4 Å². The maximum atomic E-state index is 13.5. The zero-order chi connectivity index (χ0) is 20.8. The van der Waals surface area contributed by atoms with E-state index in [1.165, 1.54) is 9.47 Å². The zero-order valence-electron chi connectivity index (χ0n) is 16.4. The van der Waals surface area contributed by atoms with E-state index in [-0.39, 0.29) is 24.3 Å². The molecule has 0 spiro atoms. The minimum atomic E-state index is -0.772. The summed E-state index contributed by atoms with van der Waals surface area (Å²) in [6.45, 7) is 1.72. The summed E-state index contributed by atoms with van der Waals surface area (Å²) >= 11 is 0. The molecular formula is C24H19N3O3. The van der Waals surface area contributed by atoms with Crippen molar-refractivity contribution in [2.45, 2.75) is 25.8 Å². The van der Waals surface area contributed by atoms with E-state index < -0.39 is 11.9 Å². The summed E-state index contributed by atoms with van der Waals surface area (Å²) in [5.41, 5.74) is 0.886. The molecule has 0 bridgehead atoms. The number of anilines is 1. The molecule has 148 valence electrons. The Bertz CT molecular complexity index is 1380. The summed E-state index contributed by atoms with van der Waals surface area (Å²) in [5, 5.41) is 2.23. The number of carbonyl (C=O) groups is 2. The van der Waals surface area contributed by atoms with Crippen LogP contribution in [0, 0.1) is 6.92 Å². The van der Waals surface area contributed by atoms with E-state index in [0.717, 1.165) is 10.8 Å². The van der Waals surface area contributed by atoms with Crippen molar-refractivity contribution in [1.82, 2.24) is 9.55 Å². The van der Waals surface area contributed by atoms with Crippen LogP contribution in [0.25, 0.3) is 21.7 Å². The monoisotopic (exact) mass is 397 g/mol. The highest BCUT2D eigenvalue weighted by Crippen LogP contribution is 2.33. The van der Waals surface area contributed by atoms with Gasteiger partial charge in [0.25, 0.3) is 11.5 Å². The Morgan fingerprint density at radius 1 is 0.867 bits per heavy atom. The summed E-state index contributed by atoms with van der Waals surface area (Å²) in [5.74, 6) is -0.193. The molecule has 0 radical (unpaired) electrons. The molecule has 1 atom stereocenters. The number of imide groups is 1. The number of hydrogen-bond donors (Lipinski definition) is 0. The first-order valence-corrected chi connectivity index (χ1v) is 9.89. The lowest BCUT2D eigenvalue weighted by atomic mass is 10.00. The molecular weight excluding hydrogens is 378 g/mol. The molecule has 30 heavy (non-hydrogen) atoms. The Morgan fingerprint density at radius 3 is 2.40 bits per heavy atom. The Hall–Kier alpha value is -3.80. The fraction of sp³-hybridized carbons (Fsp3) is 0.167. The normalized spacial score (nSPS) is 17.1. The highest BCUT2D eigenvalue weighted by atomic mass is 16.2. The number of piperidine rings is 1. The van der Waals surface area contributed by atoms with Crippen LogP contribution in [-0.4, -0.2) is 21.4 Å². The lowest BCUT2D eigenvalue weighted by Crippen LogP contribution is -2.48. The van der Waals surface area contributed by atoms with Gasteiger partial charge in [0.2, 0.25) is 5.91 Å². The first-order valence-electron chi connectivity index (χ1n) is 9.89. The van der Waals surface area contributed by atoms with E-state index in [4.69, 9.17) is 0 Å². The van der Waals surface area contributed by atoms with Crippen LogP contribution in [0.4, 0.5) is 5.69 Å². The Kier molecular flexibility index (Phi) is 4.20. The summed E-state index contributed by atoms with van der Waals surface area (Å²) in [6.07, 6.45) is 0.456. The van der Waals surface area contributed by atoms with Crippen molar-refractivity contribution >= 4 is 39.2 Å². The van der Waals surface area contributed by atoms with Gasteiger partial charge in [-0.05, 0) is 36.9 Å². The van der Waals surface area contributed by atoms with Crippen molar-refractivity contribution < 1.29 is 9.59 Å². The summed E-state index contributed by atoms with van der Waals surface area (Å²) in [6, 6.07) is 19.5. The molecule has 5 rings (SSSR count). The van der Waals surface area contributed by atoms with E-state index in [1.54, 1.807) is 31.2 Å². The molecule has 1 aromatic heterocycles. The maximum absolute atomic E-state index is 13.5. The lowest BCUT2D eigenvalue weighted by molar-refractivity contribution is -0.131. The van der Waals surface area contributed by atoms with Crippen molar-refractivity contribution in [2.75, 3.05) is 4.90 Å². The third-order valence-corrected chi connectivity index (χ3v) is 5.69. The van der Waals surface area contributed by atoms with Gasteiger partial charge in [-0.15, -0.1) is 0 Å². The average molecular weight is 397 g/mol. The van der Waals surface area contributed by atoms with Gasteiger partial charge in [0, 0.05) is 11.8 Å². The molecule has 4 aromatic rings. The van der Waals surface area contributed by atoms with Gasteiger partial charge in [-0.2, -0.15) is 0 Å². The minimum absolute atomic E-state index is 0.179. The number of nitrogens with zero attached hydrogens (tertiary/aromatic N) is 3. The predicted molar refractivity (Wildman–Crippen MR) is 115 cm³/mol. The highest BCUT2D eigenvalue weighted by Gasteiger charge is 2.38. The van der Waals surface area contributed by atoms with Crippen LogP contribution in [0.5, 0.6) is 0 Å². The molecule has 1 aliphatic heterocycles. The molecule has 1 saturated heterocycles. The van der Waals surface area contributed by atoms with Crippen LogP contribution in [-0.2, 0) is 9.59 Å². The Morgan fingerprint density at radius 2 is 1.57 bits per heavy atom. The van der Waals surface area contributed by atoms with E-state index >= 15 is 0 Å². The van der Waals surface area contributed by atoms with Crippen molar-refractivity contribution in [3.8, 4) is 0 Å². The second-order valence-electron chi connectivity index (χ2n) is 7.47. The standard InChI is InChI=1S/C24H19N3O3/c1-15-25-19-11-5-4-10-18(19)23(29)26(15)21-13-14-22(28)27(24(21)30)20-12-6-8-16-7-2-3-9-17(16)20/h2-12,21H,13-14H2,1H3. The van der Waals surface area contributed by atoms with Crippen LogP contribution in [0.1, 0.15) is 24.7 Å². The van der Waals surface area contributed by atoms with E-state index in [1.807, 2.05) is 42.5 Å². The number of aryl methyl sites for hydroxylation is 1. The molecule has 1 aliphatic rings. The summed E-state index contributed by atoms with van der Waals surface area (Å²) in [7, 11) is 0. The van der Waals surface area contributed by atoms with Gasteiger partial charge in [0.15, 0.2) is 0 Å². The van der Waals surface area contributed by atoms with Crippen molar-refractivity contribution in [3.63, 3.8) is 0 Å². The first kappa shape index (κ1) is 18.2. The first-order chi connectivity index (χ1) is 14.6. The highest BCUT2D eigenvalue weighted by molar-refractivity contribution is 6.21. The summed E-state index contributed by atoms with van der Waals surface area (Å²) < 4.78 is 1.44. The van der Waals surface area contributed by atoms with E-state index in [9.17, 15) is 14.4 Å². The number of aromatic nitrogens is 2. The zero-order valence-corrected chi connectivity index (χ0v) is 16.4. The number of para-hydroxylation sites is 1. The second-order valence-corrected chi connectivity index (χ2v) is 7.47. The second kappa shape index (κ2) is 6.91. The molecule has 0 saturated carbocycles. The average Bonchev–Trinajstić information content (AvgIpc) is 2.75. The fourth-order valence-corrected chi connectivity index (χ4v) is 4.29. The molecule has 2 heterocycles. The van der Waals surface area contributed by atoms with Gasteiger partial charge in [0.05, 0.1) is 16.6 Å². The van der Waals surface area contributed by atoms with Crippen molar-refractivity contribution in [2.24, 2.45) is 0 Å². The fourth-order valence-electron chi connectivity index (χ4n) is 4.29. The van der Waals surface area contributed by atoms with Gasteiger partial charge in [0.1, 0.15) is 11.9 Å². The SMILES string of the molecule is Cc1nc2ccccc2c(=O)n1C1CCC(=O)N(c2cccc3ccccc23)C1=O. The molecule has 6 heteroatoms. The number of rotatable bonds is 2. The van der Waals surface area contributed by atoms with Gasteiger partial charge < -0.3 is 0 Å². The van der Waals surface area contributed by atoms with Gasteiger partial charge in [-0.25, -0.2) is 9.88 Å². The van der Waals surface area contributed by atoms with Gasteiger partial charge in [-0.1, -0.05) is 48.5 Å². The summed E-state index contributed by atoms with van der Waals surface area (Å²) in [4.78, 5) is 45.3. The topological polar surface area (TPSA) is 72.3 Å². The molecule has 6 nitrogen and oxygen atoms in total. The van der Waals surface area contributed by atoms with Gasteiger partial charge in [-0.3, -0.25) is 19.0 Å². The molecule has 1 unspecified atom stereocenters. The van der Waals surface area contributed by atoms with Crippen LogP contribution in [0.15, 0.2) is 71.5 Å². The largest absolute Gasteiger partial charge is 0.284 e. The predicted octanol–water partition coefficient (Wildman–Crippen LogP) is 3.75. The van der Waals surface area contributed by atoms with E-state index in [2.05, 4.69) is 4.98 Å². The van der Waals surface area contributed by atoms with Crippen molar-refractivity contribution in [1.29, 1.82) is 0 Å². The lowest BCUT2D eigenvalue weighted by Gasteiger charge is -2.32. The number of benzene rings is 3. The van der Waals surface area contributed by atoms with Crippen LogP contribution >= 0.6 is 0 Å². The molecule has 0 aliphatic carbocycles. The maximum Gasteiger partial charge on any atom is 0.262 e. The Balaban J connectivity index is 1.66. The third kappa shape index (κ3) is 2.72. The van der Waals surface area contributed by atoms with Crippen LogP contribution in [0.2, 0.25) is 0 Å². The molecule has 1 fully saturated rings. The Labute approximate surface area is 172 Å². The van der Waals surface area contributed by atoms with Crippen molar-refractivity contribution in [3.05, 3.63) is 82.9 Å².